The van der Waals surface area contributed by atoms with Gasteiger partial charge in [0.25, 0.3) is 0 Å². The first-order valence-electron chi connectivity index (χ1n) is 14.4. The molecule has 6 N–H and O–H groups in total. The van der Waals surface area contributed by atoms with Crippen molar-refractivity contribution >= 4 is 47.9 Å². The zero-order chi connectivity index (χ0) is 29.3. The molecule has 4 amide bonds. The highest BCUT2D eigenvalue weighted by Crippen LogP contribution is 2.33. The van der Waals surface area contributed by atoms with Gasteiger partial charge >= 0.3 is 13.1 Å². The zero-order valence-corrected chi connectivity index (χ0v) is 24.3. The van der Waals surface area contributed by atoms with Crippen molar-refractivity contribution in [3.8, 4) is 0 Å². The largest absolute Gasteiger partial charge is 0.488 e. The minimum Gasteiger partial charge on any atom is -0.423 e. The summed E-state index contributed by atoms with van der Waals surface area (Å²) < 4.78 is 16.5. The van der Waals surface area contributed by atoms with Crippen molar-refractivity contribution in [2.75, 3.05) is 57.3 Å². The van der Waals surface area contributed by atoms with Crippen molar-refractivity contribution < 1.29 is 38.6 Å². The smallest absolute Gasteiger partial charge is 0.423 e. The Bertz CT molecular complexity index is 960. The first-order valence-corrected chi connectivity index (χ1v) is 15.4. The summed E-state index contributed by atoms with van der Waals surface area (Å²) in [5.74, 6) is 0.855. The predicted octanol–water partition coefficient (Wildman–Crippen LogP) is 0.367. The highest BCUT2D eigenvalue weighted by atomic mass is 32.2. The van der Waals surface area contributed by atoms with E-state index in [1.54, 1.807) is 18.2 Å². The van der Waals surface area contributed by atoms with Gasteiger partial charge in [0.15, 0.2) is 0 Å². The number of ether oxygens (including phenoxy) is 3. The molecule has 2 aliphatic rings. The molecule has 14 heteroatoms. The first kappa shape index (κ1) is 33.2. The van der Waals surface area contributed by atoms with E-state index in [1.165, 1.54) is 6.07 Å². The molecule has 2 saturated heterocycles. The van der Waals surface area contributed by atoms with Crippen LogP contribution in [0.25, 0.3) is 0 Å². The Balaban J connectivity index is 1.03. The molecule has 3 rings (SSSR count). The molecule has 12 nitrogen and oxygen atoms in total. The molecular weight excluding hydrogens is 551 g/mol. The van der Waals surface area contributed by atoms with Crippen LogP contribution in [0.5, 0.6) is 0 Å². The van der Waals surface area contributed by atoms with Gasteiger partial charge in [0.2, 0.25) is 11.8 Å². The summed E-state index contributed by atoms with van der Waals surface area (Å²) in [5, 5.41) is 30.4. The number of carbonyl (C=O) groups excluding carboxylic acids is 3. The zero-order valence-electron chi connectivity index (χ0n) is 23.5. The fourth-order valence-corrected chi connectivity index (χ4v) is 6.19. The first-order chi connectivity index (χ1) is 19.9. The summed E-state index contributed by atoms with van der Waals surface area (Å²) in [6, 6.07) is 6.82. The third kappa shape index (κ3) is 13.0. The van der Waals surface area contributed by atoms with Crippen molar-refractivity contribution in [1.29, 1.82) is 0 Å². The Hall–Kier alpha value is -2.36. The van der Waals surface area contributed by atoms with Crippen LogP contribution < -0.4 is 26.7 Å². The minimum absolute atomic E-state index is 0.0632. The second kappa shape index (κ2) is 19.0. The summed E-state index contributed by atoms with van der Waals surface area (Å²) in [6.07, 6.45) is 4.96. The summed E-state index contributed by atoms with van der Waals surface area (Å²) in [7, 11) is -1.58. The van der Waals surface area contributed by atoms with E-state index in [1.807, 2.05) is 11.8 Å². The Labute approximate surface area is 246 Å². The average Bonchev–Trinajstić information content (AvgIpc) is 3.50. The third-order valence-corrected chi connectivity index (χ3v) is 8.28. The summed E-state index contributed by atoms with van der Waals surface area (Å²) in [5.41, 5.74) is 0.831. The van der Waals surface area contributed by atoms with E-state index >= 15 is 0 Å². The van der Waals surface area contributed by atoms with Gasteiger partial charge in [-0.25, -0.2) is 4.79 Å². The second-order valence-corrected chi connectivity index (χ2v) is 11.3. The molecule has 1 aromatic carbocycles. The molecule has 3 atom stereocenters. The molecule has 0 bridgehead atoms. The van der Waals surface area contributed by atoms with Gasteiger partial charge in [-0.15, -0.1) is 0 Å². The average molecular weight is 595 g/mol. The van der Waals surface area contributed by atoms with Gasteiger partial charge in [0.05, 0.1) is 38.5 Å². The number of fused-ring (bicyclic) bond motifs is 1. The molecule has 2 heterocycles. The van der Waals surface area contributed by atoms with E-state index in [2.05, 4.69) is 21.3 Å². The number of carbonyl (C=O) groups is 3. The number of amides is 4. The standard InChI is InChI=1S/C27H43BN4O8S/c33-24(9-2-1-8-23-26-22(19-41-23)31-27(35)32-26)29-11-5-13-39-15-17-40-16-14-38-12-4-10-25(34)30-21-7-3-6-20(18-21)28(36)37/h3,6-7,18,22-23,26,36-37H,1-2,4-5,8-17,19H2,(H,29,33)(H,30,34)(H2,31,32,35). The maximum Gasteiger partial charge on any atom is 0.488 e. The van der Waals surface area contributed by atoms with Crippen molar-refractivity contribution in [2.45, 2.75) is 62.3 Å². The van der Waals surface area contributed by atoms with Gasteiger partial charge in [-0.2, -0.15) is 11.8 Å². The lowest BCUT2D eigenvalue weighted by Gasteiger charge is -2.16. The van der Waals surface area contributed by atoms with Crippen molar-refractivity contribution in [3.63, 3.8) is 0 Å². The van der Waals surface area contributed by atoms with Crippen molar-refractivity contribution in [1.82, 2.24) is 16.0 Å². The summed E-state index contributed by atoms with van der Waals surface area (Å²) in [6.45, 7) is 3.37. The predicted molar refractivity (Wildman–Crippen MR) is 158 cm³/mol. The van der Waals surface area contributed by atoms with Gasteiger partial charge in [-0.3, -0.25) is 9.59 Å². The van der Waals surface area contributed by atoms with Gasteiger partial charge in [0, 0.05) is 49.3 Å². The van der Waals surface area contributed by atoms with E-state index in [0.29, 0.717) is 81.8 Å². The van der Waals surface area contributed by atoms with Crippen LogP contribution in [0.1, 0.15) is 44.9 Å². The molecule has 0 spiro atoms. The second-order valence-electron chi connectivity index (χ2n) is 10.1. The summed E-state index contributed by atoms with van der Waals surface area (Å²) in [4.78, 5) is 35.4. The van der Waals surface area contributed by atoms with Gasteiger partial charge < -0.3 is 45.5 Å². The van der Waals surface area contributed by atoms with Crippen LogP contribution in [0.3, 0.4) is 0 Å². The Morgan fingerprint density at radius 1 is 0.927 bits per heavy atom. The molecule has 1 aromatic rings. The molecule has 0 aliphatic carbocycles. The number of urea groups is 1. The molecule has 2 fully saturated rings. The number of thioether (sulfide) groups is 1. The van der Waals surface area contributed by atoms with Crippen LogP contribution in [0, 0.1) is 0 Å². The lowest BCUT2D eigenvalue weighted by atomic mass is 9.80. The summed E-state index contributed by atoms with van der Waals surface area (Å²) >= 11 is 1.90. The molecule has 228 valence electrons. The number of unbranched alkanes of at least 4 members (excludes halogenated alkanes) is 1. The lowest BCUT2D eigenvalue weighted by molar-refractivity contribution is -0.121. The van der Waals surface area contributed by atoms with Gasteiger partial charge in [-0.1, -0.05) is 18.6 Å². The highest BCUT2D eigenvalue weighted by molar-refractivity contribution is 8.00. The molecule has 0 aromatic heterocycles. The van der Waals surface area contributed by atoms with E-state index in [0.717, 1.165) is 31.4 Å². The fraction of sp³-hybridized carbons (Fsp3) is 0.667. The van der Waals surface area contributed by atoms with E-state index < -0.39 is 7.12 Å². The topological polar surface area (TPSA) is 167 Å². The quantitative estimate of drug-likeness (QED) is 0.0670. The molecule has 0 radical (unpaired) electrons. The molecular formula is C27H43BN4O8S. The Morgan fingerprint density at radius 2 is 1.63 bits per heavy atom. The Morgan fingerprint density at radius 3 is 2.39 bits per heavy atom. The van der Waals surface area contributed by atoms with Crippen LogP contribution >= 0.6 is 11.8 Å². The maximum atomic E-state index is 12.0. The SMILES string of the molecule is O=C(CCCCC1SCC2NC(=O)NC21)NCCCOCCOCCOCCCC(=O)Nc1cccc(B(O)O)c1. The van der Waals surface area contributed by atoms with E-state index in [4.69, 9.17) is 14.2 Å². The number of rotatable bonds is 21. The molecule has 3 unspecified atom stereocenters. The molecule has 2 aliphatic heterocycles. The number of hydrogen-bond acceptors (Lipinski definition) is 9. The van der Waals surface area contributed by atoms with Crippen LogP contribution in [0.15, 0.2) is 24.3 Å². The monoisotopic (exact) mass is 594 g/mol. The van der Waals surface area contributed by atoms with Gasteiger partial charge in [-0.05, 0) is 43.3 Å². The van der Waals surface area contributed by atoms with Crippen LogP contribution in [-0.2, 0) is 23.8 Å². The number of anilines is 1. The van der Waals surface area contributed by atoms with Crippen molar-refractivity contribution in [3.05, 3.63) is 24.3 Å². The van der Waals surface area contributed by atoms with Crippen molar-refractivity contribution in [2.24, 2.45) is 0 Å². The maximum absolute atomic E-state index is 12.0. The Kier molecular flexibility index (Phi) is 15.3. The third-order valence-electron chi connectivity index (χ3n) is 6.77. The van der Waals surface area contributed by atoms with E-state index in [-0.39, 0.29) is 29.9 Å². The fourth-order valence-electron chi connectivity index (χ4n) is 4.64. The van der Waals surface area contributed by atoms with Gasteiger partial charge in [0.1, 0.15) is 0 Å². The minimum atomic E-state index is -1.58. The molecule has 41 heavy (non-hydrogen) atoms. The highest BCUT2D eigenvalue weighted by Gasteiger charge is 2.42. The molecule has 0 saturated carbocycles. The lowest BCUT2D eigenvalue weighted by Crippen LogP contribution is -2.36. The normalized spacial score (nSPS) is 19.4. The van der Waals surface area contributed by atoms with E-state index in [9.17, 15) is 24.4 Å². The number of nitrogens with one attached hydrogen (secondary N) is 4. The number of hydrogen-bond donors (Lipinski definition) is 6. The number of benzene rings is 1. The van der Waals surface area contributed by atoms with Crippen LogP contribution in [0.4, 0.5) is 10.5 Å². The van der Waals surface area contributed by atoms with Crippen LogP contribution in [0.2, 0.25) is 0 Å². The van der Waals surface area contributed by atoms with Crippen LogP contribution in [-0.4, -0.2) is 104 Å².